The number of aryl methyl sites for hydroxylation is 1. The predicted molar refractivity (Wildman–Crippen MR) is 107 cm³/mol. The summed E-state index contributed by atoms with van der Waals surface area (Å²) in [7, 11) is -3.69. The molecule has 0 saturated carbocycles. The molecule has 152 valence electrons. The van der Waals surface area contributed by atoms with Crippen molar-refractivity contribution in [3.8, 4) is 0 Å². The molecule has 28 heavy (non-hydrogen) atoms. The number of sulfonamides is 1. The van der Waals surface area contributed by atoms with Crippen LogP contribution in [0.1, 0.15) is 30.1 Å². The number of nitrogens with one attached hydrogen (secondary N) is 1. The van der Waals surface area contributed by atoms with Crippen molar-refractivity contribution >= 4 is 10.0 Å². The second kappa shape index (κ2) is 9.60. The minimum absolute atomic E-state index is 0.00591. The molecule has 5 nitrogen and oxygen atoms in total. The van der Waals surface area contributed by atoms with Gasteiger partial charge in [-0.2, -0.15) is 0 Å². The number of unbranched alkanes of at least 4 members (excludes halogenated alkanes) is 1. The maximum absolute atomic E-state index is 13.4. The third-order valence-corrected chi connectivity index (χ3v) is 6.56. The van der Waals surface area contributed by atoms with E-state index in [0.717, 1.165) is 38.5 Å². The van der Waals surface area contributed by atoms with Gasteiger partial charge in [-0.25, -0.2) is 17.5 Å². The molecule has 0 bridgehead atoms. The molecule has 1 unspecified atom stereocenters. The first-order chi connectivity index (χ1) is 13.5. The second-order valence-corrected chi connectivity index (χ2v) is 8.82. The van der Waals surface area contributed by atoms with E-state index in [0.29, 0.717) is 18.7 Å². The summed E-state index contributed by atoms with van der Waals surface area (Å²) in [5, 5.41) is 0. The minimum atomic E-state index is -3.69. The fraction of sp³-hybridized carbons (Fsp3) is 0.429. The SMILES string of the molecule is Cc1ccc(F)cc1S(=O)(=O)NCCCCN1CCOC(c2ccccc2)C1. The molecule has 0 aliphatic carbocycles. The molecule has 2 aromatic carbocycles. The number of rotatable bonds is 8. The number of benzene rings is 2. The summed E-state index contributed by atoms with van der Waals surface area (Å²) >= 11 is 0. The van der Waals surface area contributed by atoms with Crippen LogP contribution in [0.25, 0.3) is 0 Å². The third kappa shape index (κ3) is 5.61. The highest BCUT2D eigenvalue weighted by Crippen LogP contribution is 2.22. The van der Waals surface area contributed by atoms with Crippen molar-refractivity contribution in [2.24, 2.45) is 0 Å². The Kier molecular flexibility index (Phi) is 7.18. The van der Waals surface area contributed by atoms with E-state index >= 15 is 0 Å². The number of nitrogens with zero attached hydrogens (tertiary/aromatic N) is 1. The van der Waals surface area contributed by atoms with Crippen molar-refractivity contribution in [2.45, 2.75) is 30.8 Å². The van der Waals surface area contributed by atoms with Crippen LogP contribution in [0.2, 0.25) is 0 Å². The lowest BCUT2D eigenvalue weighted by molar-refractivity contribution is -0.0303. The second-order valence-electron chi connectivity index (χ2n) is 7.09. The molecule has 1 heterocycles. The lowest BCUT2D eigenvalue weighted by Crippen LogP contribution is -2.39. The lowest BCUT2D eigenvalue weighted by Gasteiger charge is -2.33. The van der Waals surface area contributed by atoms with Gasteiger partial charge in [0.15, 0.2) is 0 Å². The van der Waals surface area contributed by atoms with Crippen molar-refractivity contribution in [3.63, 3.8) is 0 Å². The van der Waals surface area contributed by atoms with Crippen molar-refractivity contribution in [1.29, 1.82) is 0 Å². The van der Waals surface area contributed by atoms with Gasteiger partial charge >= 0.3 is 0 Å². The van der Waals surface area contributed by atoms with Crippen molar-refractivity contribution in [3.05, 3.63) is 65.5 Å². The van der Waals surface area contributed by atoms with Crippen LogP contribution in [0, 0.1) is 12.7 Å². The Hall–Kier alpha value is -1.80. The maximum Gasteiger partial charge on any atom is 0.240 e. The zero-order valence-corrected chi connectivity index (χ0v) is 16.9. The number of ether oxygens (including phenoxy) is 1. The Balaban J connectivity index is 1.42. The molecular formula is C21H27FN2O3S. The summed E-state index contributed by atoms with van der Waals surface area (Å²) in [6.45, 7) is 5.33. The van der Waals surface area contributed by atoms with Gasteiger partial charge in [-0.15, -0.1) is 0 Å². The summed E-state index contributed by atoms with van der Waals surface area (Å²) in [5.41, 5.74) is 1.72. The van der Waals surface area contributed by atoms with Crippen LogP contribution in [0.4, 0.5) is 4.39 Å². The summed E-state index contributed by atoms with van der Waals surface area (Å²) in [4.78, 5) is 2.36. The average Bonchev–Trinajstić information content (AvgIpc) is 2.70. The molecule has 1 fully saturated rings. The molecule has 3 rings (SSSR count). The first-order valence-electron chi connectivity index (χ1n) is 9.60. The zero-order valence-electron chi connectivity index (χ0n) is 16.1. The summed E-state index contributed by atoms with van der Waals surface area (Å²) < 4.78 is 46.6. The molecular weight excluding hydrogens is 379 g/mol. The Morgan fingerprint density at radius 1 is 1.18 bits per heavy atom. The van der Waals surface area contributed by atoms with Crippen LogP contribution < -0.4 is 4.72 Å². The Bertz CT molecular complexity index is 874. The van der Waals surface area contributed by atoms with Gasteiger partial charge in [-0.1, -0.05) is 36.4 Å². The van der Waals surface area contributed by atoms with Gasteiger partial charge in [0, 0.05) is 19.6 Å². The number of halogens is 1. The van der Waals surface area contributed by atoms with E-state index in [-0.39, 0.29) is 11.0 Å². The van der Waals surface area contributed by atoms with Crippen LogP contribution in [0.3, 0.4) is 0 Å². The topological polar surface area (TPSA) is 58.6 Å². The quantitative estimate of drug-likeness (QED) is 0.684. The molecule has 0 amide bonds. The van der Waals surface area contributed by atoms with Crippen molar-refractivity contribution < 1.29 is 17.5 Å². The fourth-order valence-corrected chi connectivity index (χ4v) is 4.71. The minimum Gasteiger partial charge on any atom is -0.371 e. The van der Waals surface area contributed by atoms with Crippen LogP contribution in [0.15, 0.2) is 53.4 Å². The molecule has 7 heteroatoms. The van der Waals surface area contributed by atoms with Gasteiger partial charge in [0.1, 0.15) is 5.82 Å². The van der Waals surface area contributed by atoms with Gasteiger partial charge < -0.3 is 4.74 Å². The van der Waals surface area contributed by atoms with Crippen molar-refractivity contribution in [1.82, 2.24) is 9.62 Å². The van der Waals surface area contributed by atoms with Gasteiger partial charge in [0.2, 0.25) is 10.0 Å². The van der Waals surface area contributed by atoms with Crippen LogP contribution in [-0.4, -0.2) is 46.1 Å². The predicted octanol–water partition coefficient (Wildman–Crippen LogP) is 3.27. The number of morpholine rings is 1. The van der Waals surface area contributed by atoms with Crippen LogP contribution in [0.5, 0.6) is 0 Å². The molecule has 2 aromatic rings. The van der Waals surface area contributed by atoms with Gasteiger partial charge in [0.05, 0.1) is 17.6 Å². The van der Waals surface area contributed by atoms with E-state index in [2.05, 4.69) is 21.8 Å². The molecule has 0 spiro atoms. The van der Waals surface area contributed by atoms with Crippen molar-refractivity contribution in [2.75, 3.05) is 32.8 Å². The summed E-state index contributed by atoms with van der Waals surface area (Å²) in [6.07, 6.45) is 1.69. The highest BCUT2D eigenvalue weighted by Gasteiger charge is 2.21. The molecule has 0 aromatic heterocycles. The van der Waals surface area contributed by atoms with Gasteiger partial charge in [-0.05, 0) is 49.6 Å². The van der Waals surface area contributed by atoms with E-state index in [1.54, 1.807) is 6.92 Å². The molecule has 0 radical (unpaired) electrons. The number of hydrogen-bond donors (Lipinski definition) is 1. The zero-order chi connectivity index (χ0) is 20.0. The van der Waals surface area contributed by atoms with E-state index in [1.807, 2.05) is 18.2 Å². The third-order valence-electron chi connectivity index (χ3n) is 4.95. The van der Waals surface area contributed by atoms with E-state index < -0.39 is 15.8 Å². The first-order valence-corrected chi connectivity index (χ1v) is 11.1. The lowest BCUT2D eigenvalue weighted by atomic mass is 10.1. The Labute approximate surface area is 166 Å². The molecule has 1 saturated heterocycles. The monoisotopic (exact) mass is 406 g/mol. The summed E-state index contributed by atoms with van der Waals surface area (Å²) in [5.74, 6) is -0.550. The highest BCUT2D eigenvalue weighted by molar-refractivity contribution is 7.89. The van der Waals surface area contributed by atoms with E-state index in [4.69, 9.17) is 4.74 Å². The fourth-order valence-electron chi connectivity index (χ4n) is 3.38. The molecule has 1 N–H and O–H groups in total. The normalized spacial score (nSPS) is 18.3. The Morgan fingerprint density at radius 3 is 2.75 bits per heavy atom. The first kappa shape index (κ1) is 20.9. The van der Waals surface area contributed by atoms with Crippen LogP contribution >= 0.6 is 0 Å². The van der Waals surface area contributed by atoms with Crippen LogP contribution in [-0.2, 0) is 14.8 Å². The van der Waals surface area contributed by atoms with E-state index in [9.17, 15) is 12.8 Å². The van der Waals surface area contributed by atoms with Gasteiger partial charge in [-0.3, -0.25) is 4.90 Å². The maximum atomic E-state index is 13.4. The average molecular weight is 407 g/mol. The largest absolute Gasteiger partial charge is 0.371 e. The summed E-state index contributed by atoms with van der Waals surface area (Å²) in [6, 6.07) is 14.0. The van der Waals surface area contributed by atoms with E-state index in [1.165, 1.54) is 17.7 Å². The van der Waals surface area contributed by atoms with Gasteiger partial charge in [0.25, 0.3) is 0 Å². The molecule has 1 atom stereocenters. The molecule has 1 aliphatic rings. The highest BCUT2D eigenvalue weighted by atomic mass is 32.2. The Morgan fingerprint density at radius 2 is 1.96 bits per heavy atom. The molecule has 1 aliphatic heterocycles. The standard InChI is InChI=1S/C21H27FN2O3S/c1-17-9-10-19(22)15-21(17)28(25,26)23-11-5-6-12-24-13-14-27-20(16-24)18-7-3-2-4-8-18/h2-4,7-10,15,20,23H,5-6,11-14,16H2,1H3. The smallest absolute Gasteiger partial charge is 0.240 e. The number of hydrogen-bond acceptors (Lipinski definition) is 4.